The van der Waals surface area contributed by atoms with E-state index in [0.717, 1.165) is 17.8 Å². The monoisotopic (exact) mass is 240 g/mol. The van der Waals surface area contributed by atoms with Crippen molar-refractivity contribution >= 4 is 22.3 Å². The fourth-order valence-corrected chi connectivity index (χ4v) is 3.03. The third-order valence-electron chi connectivity index (χ3n) is 2.84. The quantitative estimate of drug-likeness (QED) is 0.825. The molecule has 1 aliphatic rings. The molecule has 16 heavy (non-hydrogen) atoms. The first-order chi connectivity index (χ1) is 7.72. The molecule has 1 aromatic heterocycles. The lowest BCUT2D eigenvalue weighted by Gasteiger charge is -2.02. The zero-order chi connectivity index (χ0) is 11.5. The highest BCUT2D eigenvalue weighted by Gasteiger charge is 2.24. The Morgan fingerprint density at radius 1 is 1.56 bits per heavy atom. The van der Waals surface area contributed by atoms with E-state index in [9.17, 15) is 4.79 Å². The van der Waals surface area contributed by atoms with Gasteiger partial charge in [-0.25, -0.2) is 9.78 Å². The lowest BCUT2D eigenvalue weighted by molar-refractivity contribution is 0.0521. The van der Waals surface area contributed by atoms with Gasteiger partial charge in [-0.05, 0) is 19.8 Å². The highest BCUT2D eigenvalue weighted by molar-refractivity contribution is 7.16. The number of carbonyl (C=O) groups is 1. The van der Waals surface area contributed by atoms with E-state index in [-0.39, 0.29) is 0 Å². The number of rotatable bonds is 3. The summed E-state index contributed by atoms with van der Waals surface area (Å²) in [6.45, 7) is 2.13. The number of hydrogen-bond acceptors (Lipinski definition) is 5. The average molecular weight is 240 g/mol. The summed E-state index contributed by atoms with van der Waals surface area (Å²) in [6, 6.07) is 0. The number of aromatic nitrogens is 1. The van der Waals surface area contributed by atoms with E-state index in [2.05, 4.69) is 4.98 Å². The van der Waals surface area contributed by atoms with E-state index >= 15 is 0 Å². The predicted octanol–water partition coefficient (Wildman–Crippen LogP) is 2.56. The average Bonchev–Trinajstić information content (AvgIpc) is 2.86. The number of carbonyl (C=O) groups excluding carboxylic acids is 1. The van der Waals surface area contributed by atoms with Gasteiger partial charge in [-0.1, -0.05) is 12.8 Å². The summed E-state index contributed by atoms with van der Waals surface area (Å²) < 4.78 is 4.91. The van der Waals surface area contributed by atoms with Crippen LogP contribution in [0.5, 0.6) is 0 Å². The van der Waals surface area contributed by atoms with Gasteiger partial charge in [0.05, 0.1) is 11.6 Å². The van der Waals surface area contributed by atoms with E-state index in [1.165, 1.54) is 24.2 Å². The molecule has 0 bridgehead atoms. The number of thiazole rings is 1. The van der Waals surface area contributed by atoms with Crippen LogP contribution in [0, 0.1) is 0 Å². The SMILES string of the molecule is CCOC(=O)c1nc(C2CCCC2)sc1N. The largest absolute Gasteiger partial charge is 0.461 e. The van der Waals surface area contributed by atoms with Crippen molar-refractivity contribution in [1.82, 2.24) is 4.98 Å². The number of anilines is 1. The number of nitrogens with zero attached hydrogens (tertiary/aromatic N) is 1. The second-order valence-electron chi connectivity index (χ2n) is 3.97. The molecule has 5 heteroatoms. The van der Waals surface area contributed by atoms with Crippen LogP contribution in [0.2, 0.25) is 0 Å². The number of esters is 1. The van der Waals surface area contributed by atoms with Gasteiger partial charge in [-0.3, -0.25) is 0 Å². The molecule has 1 fully saturated rings. The van der Waals surface area contributed by atoms with Crippen LogP contribution >= 0.6 is 11.3 Å². The second kappa shape index (κ2) is 4.82. The van der Waals surface area contributed by atoms with Crippen molar-refractivity contribution in [3.63, 3.8) is 0 Å². The zero-order valence-electron chi connectivity index (χ0n) is 9.36. The van der Waals surface area contributed by atoms with E-state index < -0.39 is 5.97 Å². The van der Waals surface area contributed by atoms with Gasteiger partial charge in [0.1, 0.15) is 5.00 Å². The first kappa shape index (κ1) is 11.4. The van der Waals surface area contributed by atoms with Crippen molar-refractivity contribution in [3.05, 3.63) is 10.7 Å². The molecule has 0 atom stereocenters. The minimum absolute atomic E-state index is 0.300. The Labute approximate surface area is 98.8 Å². The molecule has 1 aromatic rings. The van der Waals surface area contributed by atoms with E-state index in [1.807, 2.05) is 0 Å². The van der Waals surface area contributed by atoms with Crippen molar-refractivity contribution in [1.29, 1.82) is 0 Å². The van der Waals surface area contributed by atoms with Crippen molar-refractivity contribution in [2.24, 2.45) is 0 Å². The smallest absolute Gasteiger partial charge is 0.360 e. The highest BCUT2D eigenvalue weighted by Crippen LogP contribution is 2.38. The molecule has 2 rings (SSSR count). The molecular formula is C11H16N2O2S. The summed E-state index contributed by atoms with van der Waals surface area (Å²) in [7, 11) is 0. The van der Waals surface area contributed by atoms with Crippen LogP contribution in [0.15, 0.2) is 0 Å². The van der Waals surface area contributed by atoms with Crippen LogP contribution < -0.4 is 5.73 Å². The zero-order valence-corrected chi connectivity index (χ0v) is 10.2. The Hall–Kier alpha value is -1.10. The third-order valence-corrected chi connectivity index (χ3v) is 3.89. The van der Waals surface area contributed by atoms with Crippen LogP contribution in [0.3, 0.4) is 0 Å². The molecule has 1 aliphatic carbocycles. The molecule has 0 amide bonds. The molecule has 0 saturated heterocycles. The predicted molar refractivity (Wildman–Crippen MR) is 63.7 cm³/mol. The van der Waals surface area contributed by atoms with Crippen LogP contribution in [-0.4, -0.2) is 17.6 Å². The molecule has 0 aliphatic heterocycles. The molecule has 88 valence electrons. The van der Waals surface area contributed by atoms with E-state index in [4.69, 9.17) is 10.5 Å². The molecule has 1 saturated carbocycles. The van der Waals surface area contributed by atoms with Crippen LogP contribution in [-0.2, 0) is 4.74 Å². The summed E-state index contributed by atoms with van der Waals surface area (Å²) in [5.74, 6) is 0.0935. The van der Waals surface area contributed by atoms with Gasteiger partial charge in [0.2, 0.25) is 0 Å². The summed E-state index contributed by atoms with van der Waals surface area (Å²) in [6.07, 6.45) is 4.82. The Bertz CT molecular complexity index is 383. The van der Waals surface area contributed by atoms with Gasteiger partial charge in [0, 0.05) is 5.92 Å². The van der Waals surface area contributed by atoms with Gasteiger partial charge in [-0.15, -0.1) is 11.3 Å². The van der Waals surface area contributed by atoms with E-state index in [0.29, 0.717) is 23.2 Å². The van der Waals surface area contributed by atoms with Gasteiger partial charge < -0.3 is 10.5 Å². The maximum absolute atomic E-state index is 11.5. The van der Waals surface area contributed by atoms with Gasteiger partial charge >= 0.3 is 5.97 Å². The molecular weight excluding hydrogens is 224 g/mol. The van der Waals surface area contributed by atoms with Crippen LogP contribution in [0.1, 0.15) is 54.0 Å². The Kier molecular flexibility index (Phi) is 3.43. The van der Waals surface area contributed by atoms with Crippen molar-refractivity contribution in [3.8, 4) is 0 Å². The third kappa shape index (κ3) is 2.19. The highest BCUT2D eigenvalue weighted by atomic mass is 32.1. The fraction of sp³-hybridized carbons (Fsp3) is 0.636. The maximum Gasteiger partial charge on any atom is 0.360 e. The van der Waals surface area contributed by atoms with Crippen molar-refractivity contribution in [2.75, 3.05) is 12.3 Å². The second-order valence-corrected chi connectivity index (χ2v) is 5.03. The van der Waals surface area contributed by atoms with Crippen molar-refractivity contribution < 1.29 is 9.53 Å². The topological polar surface area (TPSA) is 65.2 Å². The van der Waals surface area contributed by atoms with Crippen LogP contribution in [0.4, 0.5) is 5.00 Å². The number of ether oxygens (including phenoxy) is 1. The summed E-state index contributed by atoms with van der Waals surface area (Å²) in [4.78, 5) is 15.9. The van der Waals surface area contributed by atoms with Gasteiger partial charge in [0.15, 0.2) is 5.69 Å². The lowest BCUT2D eigenvalue weighted by Crippen LogP contribution is -2.07. The minimum Gasteiger partial charge on any atom is -0.461 e. The fourth-order valence-electron chi connectivity index (χ4n) is 2.04. The van der Waals surface area contributed by atoms with Crippen LogP contribution in [0.25, 0.3) is 0 Å². The standard InChI is InChI=1S/C11H16N2O2S/c1-2-15-11(14)8-9(12)16-10(13-8)7-5-3-4-6-7/h7H,2-6,12H2,1H3. The number of nitrogen functional groups attached to an aromatic ring is 1. The molecule has 0 radical (unpaired) electrons. The summed E-state index contributed by atoms with van der Waals surface area (Å²) in [5, 5.41) is 1.48. The maximum atomic E-state index is 11.5. The summed E-state index contributed by atoms with van der Waals surface area (Å²) in [5.41, 5.74) is 6.10. The first-order valence-electron chi connectivity index (χ1n) is 5.65. The molecule has 2 N–H and O–H groups in total. The Morgan fingerprint density at radius 2 is 2.25 bits per heavy atom. The van der Waals surface area contributed by atoms with Crippen molar-refractivity contribution in [2.45, 2.75) is 38.5 Å². The van der Waals surface area contributed by atoms with Gasteiger partial charge in [0.25, 0.3) is 0 Å². The summed E-state index contributed by atoms with van der Waals surface area (Å²) >= 11 is 1.43. The molecule has 4 nitrogen and oxygen atoms in total. The first-order valence-corrected chi connectivity index (χ1v) is 6.47. The lowest BCUT2D eigenvalue weighted by atomic mass is 10.1. The van der Waals surface area contributed by atoms with Gasteiger partial charge in [-0.2, -0.15) is 0 Å². The minimum atomic E-state index is -0.402. The molecule has 0 unspecified atom stereocenters. The molecule has 0 aromatic carbocycles. The molecule has 1 heterocycles. The Morgan fingerprint density at radius 3 is 2.88 bits per heavy atom. The van der Waals surface area contributed by atoms with E-state index in [1.54, 1.807) is 6.92 Å². The Balaban J connectivity index is 2.17. The number of nitrogens with two attached hydrogens (primary N) is 1. The normalized spacial score (nSPS) is 16.6. The number of hydrogen-bond donors (Lipinski definition) is 1. The molecule has 0 spiro atoms.